The lowest BCUT2D eigenvalue weighted by molar-refractivity contribution is -0.115. The number of methoxy groups -OCH3 is 2. The maximum atomic E-state index is 12.0. The fraction of sp³-hybridized carbons (Fsp3) is 0.467. The summed E-state index contributed by atoms with van der Waals surface area (Å²) in [5, 5.41) is 8.14. The molecule has 12 heteroatoms. The van der Waals surface area contributed by atoms with Crippen LogP contribution in [0, 0.1) is 5.92 Å². The van der Waals surface area contributed by atoms with Crippen molar-refractivity contribution in [3.05, 3.63) is 42.1 Å². The number of anilines is 2. The highest BCUT2D eigenvalue weighted by Crippen LogP contribution is 2.40. The third-order valence-electron chi connectivity index (χ3n) is 7.83. The van der Waals surface area contributed by atoms with Gasteiger partial charge in [0.25, 0.3) is 0 Å². The zero-order valence-electron chi connectivity index (χ0n) is 24.4. The molecule has 0 radical (unpaired) electrons. The SMILES string of the molecule is C=CC(=O)C[C@H]1COC[C@H]1Nc1ncc2cc(-c3cc(OC)cc(OC)c3Cl)nc(NCCN3CCN(C)CC3)c2n1. The lowest BCUT2D eigenvalue weighted by atomic mass is 9.97. The number of pyridine rings is 1. The van der Waals surface area contributed by atoms with E-state index in [1.54, 1.807) is 26.5 Å². The van der Waals surface area contributed by atoms with E-state index < -0.39 is 0 Å². The predicted molar refractivity (Wildman–Crippen MR) is 165 cm³/mol. The number of piperazine rings is 1. The molecule has 0 unspecified atom stereocenters. The molecule has 224 valence electrons. The summed E-state index contributed by atoms with van der Waals surface area (Å²) in [6.45, 7) is 10.3. The Hall–Kier alpha value is -3.51. The Labute approximate surface area is 251 Å². The Bertz CT molecular complexity index is 1430. The highest BCUT2D eigenvalue weighted by molar-refractivity contribution is 6.34. The minimum Gasteiger partial charge on any atom is -0.497 e. The van der Waals surface area contributed by atoms with Crippen molar-refractivity contribution in [1.82, 2.24) is 24.8 Å². The van der Waals surface area contributed by atoms with E-state index in [9.17, 15) is 4.79 Å². The molecule has 5 rings (SSSR count). The number of ketones is 1. The zero-order valence-corrected chi connectivity index (χ0v) is 25.1. The summed E-state index contributed by atoms with van der Waals surface area (Å²) in [5.41, 5.74) is 2.00. The van der Waals surface area contributed by atoms with Crippen LogP contribution in [0.15, 0.2) is 37.1 Å². The molecule has 0 aliphatic carbocycles. The van der Waals surface area contributed by atoms with Crippen LogP contribution in [-0.4, -0.2) is 110 Å². The van der Waals surface area contributed by atoms with Gasteiger partial charge in [0.1, 0.15) is 17.0 Å². The van der Waals surface area contributed by atoms with Crippen molar-refractivity contribution in [1.29, 1.82) is 0 Å². The molecule has 0 amide bonds. The molecule has 2 aromatic heterocycles. The fourth-order valence-electron chi connectivity index (χ4n) is 5.27. The van der Waals surface area contributed by atoms with E-state index in [0.717, 1.165) is 38.1 Å². The normalized spacial score (nSPS) is 19.5. The van der Waals surface area contributed by atoms with E-state index >= 15 is 0 Å². The molecule has 2 N–H and O–H groups in total. The number of ether oxygens (including phenoxy) is 3. The van der Waals surface area contributed by atoms with Crippen LogP contribution in [-0.2, 0) is 9.53 Å². The van der Waals surface area contributed by atoms with Crippen molar-refractivity contribution in [2.24, 2.45) is 5.92 Å². The first-order valence-corrected chi connectivity index (χ1v) is 14.5. The lowest BCUT2D eigenvalue weighted by Gasteiger charge is -2.32. The minimum absolute atomic E-state index is 0.00636. The summed E-state index contributed by atoms with van der Waals surface area (Å²) in [4.78, 5) is 31.2. The second-order valence-electron chi connectivity index (χ2n) is 10.7. The average Bonchev–Trinajstić information content (AvgIpc) is 3.44. The zero-order chi connectivity index (χ0) is 29.6. The number of nitrogens with one attached hydrogen (secondary N) is 2. The smallest absolute Gasteiger partial charge is 0.223 e. The summed E-state index contributed by atoms with van der Waals surface area (Å²) in [7, 11) is 5.32. The van der Waals surface area contributed by atoms with Gasteiger partial charge < -0.3 is 29.7 Å². The van der Waals surface area contributed by atoms with Gasteiger partial charge in [-0.15, -0.1) is 0 Å². The van der Waals surface area contributed by atoms with Gasteiger partial charge in [-0.3, -0.25) is 9.69 Å². The van der Waals surface area contributed by atoms with Crippen molar-refractivity contribution >= 4 is 40.1 Å². The first-order chi connectivity index (χ1) is 20.4. The van der Waals surface area contributed by atoms with Crippen LogP contribution in [0.3, 0.4) is 0 Å². The first-order valence-electron chi connectivity index (χ1n) is 14.1. The maximum Gasteiger partial charge on any atom is 0.223 e. The molecule has 4 heterocycles. The Balaban J connectivity index is 1.46. The van der Waals surface area contributed by atoms with Gasteiger partial charge in [-0.25, -0.2) is 15.0 Å². The molecule has 42 heavy (non-hydrogen) atoms. The number of rotatable bonds is 12. The minimum atomic E-state index is -0.0877. The van der Waals surface area contributed by atoms with E-state index in [2.05, 4.69) is 39.0 Å². The van der Waals surface area contributed by atoms with Crippen LogP contribution >= 0.6 is 11.6 Å². The average molecular weight is 596 g/mol. The molecule has 2 fully saturated rings. The monoisotopic (exact) mass is 595 g/mol. The number of aromatic nitrogens is 3. The Kier molecular flexibility index (Phi) is 9.73. The summed E-state index contributed by atoms with van der Waals surface area (Å²) in [6.07, 6.45) is 3.49. The summed E-state index contributed by atoms with van der Waals surface area (Å²) >= 11 is 6.74. The van der Waals surface area contributed by atoms with Crippen LogP contribution in [0.5, 0.6) is 11.5 Å². The third-order valence-corrected chi connectivity index (χ3v) is 8.22. The topological polar surface area (TPSA) is 114 Å². The highest BCUT2D eigenvalue weighted by Gasteiger charge is 2.30. The molecule has 2 atom stereocenters. The third kappa shape index (κ3) is 6.92. The van der Waals surface area contributed by atoms with Gasteiger partial charge in [0.05, 0.1) is 44.2 Å². The predicted octanol–water partition coefficient (Wildman–Crippen LogP) is 3.59. The van der Waals surface area contributed by atoms with Crippen molar-refractivity contribution < 1.29 is 19.0 Å². The van der Waals surface area contributed by atoms with Gasteiger partial charge in [0.2, 0.25) is 5.95 Å². The van der Waals surface area contributed by atoms with E-state index in [1.807, 2.05) is 12.1 Å². The van der Waals surface area contributed by atoms with E-state index in [-0.39, 0.29) is 17.7 Å². The van der Waals surface area contributed by atoms with Crippen molar-refractivity contribution in [2.75, 3.05) is 84.4 Å². The van der Waals surface area contributed by atoms with E-state index in [1.165, 1.54) is 6.08 Å². The van der Waals surface area contributed by atoms with Gasteiger partial charge in [-0.05, 0) is 25.3 Å². The van der Waals surface area contributed by atoms with Crippen LogP contribution in [0.25, 0.3) is 22.2 Å². The fourth-order valence-corrected chi connectivity index (χ4v) is 5.55. The number of nitrogens with zero attached hydrogens (tertiary/aromatic N) is 5. The largest absolute Gasteiger partial charge is 0.497 e. The Morgan fingerprint density at radius 3 is 2.71 bits per heavy atom. The second-order valence-corrected chi connectivity index (χ2v) is 11.1. The van der Waals surface area contributed by atoms with Crippen LogP contribution in [0.1, 0.15) is 6.42 Å². The molecule has 3 aromatic rings. The molecule has 11 nitrogen and oxygen atoms in total. The van der Waals surface area contributed by atoms with Crippen molar-refractivity contribution in [2.45, 2.75) is 12.5 Å². The van der Waals surface area contributed by atoms with Gasteiger partial charge in [-0.1, -0.05) is 18.2 Å². The van der Waals surface area contributed by atoms with Crippen molar-refractivity contribution in [3.63, 3.8) is 0 Å². The summed E-state index contributed by atoms with van der Waals surface area (Å²) < 4.78 is 16.6. The second kappa shape index (κ2) is 13.6. The summed E-state index contributed by atoms with van der Waals surface area (Å²) in [6, 6.07) is 5.41. The number of benzene rings is 1. The van der Waals surface area contributed by atoms with E-state index in [4.69, 9.17) is 35.8 Å². The number of likely N-dealkylation sites (N-methyl/N-ethyl adjacent to an activating group) is 1. The number of fused-ring (bicyclic) bond motifs is 1. The number of halogens is 1. The molecule has 2 aliphatic rings. The van der Waals surface area contributed by atoms with Crippen LogP contribution in [0.2, 0.25) is 5.02 Å². The number of carbonyl (C=O) groups is 1. The molecule has 1 aromatic carbocycles. The van der Waals surface area contributed by atoms with Gasteiger partial charge in [-0.2, -0.15) is 0 Å². The summed E-state index contributed by atoms with van der Waals surface area (Å²) in [5.74, 6) is 2.19. The molecule has 0 spiro atoms. The van der Waals surface area contributed by atoms with Gasteiger partial charge in [0.15, 0.2) is 11.6 Å². The number of allylic oxidation sites excluding steroid dienone is 1. The van der Waals surface area contributed by atoms with Gasteiger partial charge in [0, 0.05) is 74.8 Å². The molecular formula is C30H38ClN7O4. The number of hydrogen-bond acceptors (Lipinski definition) is 11. The van der Waals surface area contributed by atoms with Crippen LogP contribution < -0.4 is 20.1 Å². The molecule has 2 saturated heterocycles. The highest BCUT2D eigenvalue weighted by atomic mass is 35.5. The van der Waals surface area contributed by atoms with E-state index in [0.29, 0.717) is 71.2 Å². The Morgan fingerprint density at radius 1 is 1.17 bits per heavy atom. The molecule has 2 aliphatic heterocycles. The molecule has 0 saturated carbocycles. The molecular weight excluding hydrogens is 558 g/mol. The first kappa shape index (κ1) is 30.0. The quantitative estimate of drug-likeness (QED) is 0.299. The Morgan fingerprint density at radius 2 is 1.98 bits per heavy atom. The lowest BCUT2D eigenvalue weighted by Crippen LogP contribution is -2.45. The standard InChI is InChI=1S/C30H38ClN7O4/c1-5-21(39)12-20-17-42-18-25(20)35-30-33-16-19-13-24(23-14-22(40-3)15-26(41-4)27(23)31)34-29(28(19)36-30)32-6-7-38-10-8-37(2)9-11-38/h5,13-16,20,25H,1,6-12,17-18H2,2-4H3,(H,32,34)(H,33,35,36)/t20-,25+/m0/s1. The van der Waals surface area contributed by atoms with Gasteiger partial charge >= 0.3 is 0 Å². The van der Waals surface area contributed by atoms with Crippen molar-refractivity contribution in [3.8, 4) is 22.8 Å². The molecule has 0 bridgehead atoms. The van der Waals surface area contributed by atoms with Crippen LogP contribution in [0.4, 0.5) is 11.8 Å². The number of carbonyl (C=O) groups excluding carboxylic acids is 1. The number of hydrogen-bond donors (Lipinski definition) is 2. The maximum absolute atomic E-state index is 12.0.